The molecule has 0 radical (unpaired) electrons. The van der Waals surface area contributed by atoms with Gasteiger partial charge in [-0.1, -0.05) is 19.1 Å². The Hall–Kier alpha value is -3.28. The van der Waals surface area contributed by atoms with Gasteiger partial charge in [0.05, 0.1) is 25.3 Å². The first kappa shape index (κ1) is 22.9. The number of benzene rings is 1. The fraction of sp³-hybridized carbons (Fsp3) is 0.407. The fourth-order valence-electron chi connectivity index (χ4n) is 4.63. The summed E-state index contributed by atoms with van der Waals surface area (Å²) in [6.07, 6.45) is 10.7. The van der Waals surface area contributed by atoms with E-state index < -0.39 is 0 Å². The van der Waals surface area contributed by atoms with Crippen LogP contribution in [-0.4, -0.2) is 39.4 Å². The second kappa shape index (κ2) is 10.6. The average molecular weight is 445 g/mol. The molecule has 0 bridgehead atoms. The molecule has 3 aromatic rings. The summed E-state index contributed by atoms with van der Waals surface area (Å²) in [6, 6.07) is 9.88. The van der Waals surface area contributed by atoms with Crippen LogP contribution in [0.2, 0.25) is 0 Å². The van der Waals surface area contributed by atoms with Gasteiger partial charge in [-0.05, 0) is 67.5 Å². The molecule has 4 rings (SSSR count). The lowest BCUT2D eigenvalue weighted by molar-refractivity contribution is -0.134. The summed E-state index contributed by atoms with van der Waals surface area (Å²) in [5, 5.41) is 0. The van der Waals surface area contributed by atoms with Crippen LogP contribution in [0, 0.1) is 6.92 Å². The number of methoxy groups -OCH3 is 1. The van der Waals surface area contributed by atoms with Gasteiger partial charge < -0.3 is 9.64 Å². The topological polar surface area (TPSA) is 68.2 Å². The molecule has 33 heavy (non-hydrogen) atoms. The van der Waals surface area contributed by atoms with E-state index in [9.17, 15) is 4.79 Å². The molecule has 0 aliphatic carbocycles. The molecule has 1 aliphatic heterocycles. The van der Waals surface area contributed by atoms with Gasteiger partial charge in [0, 0.05) is 37.1 Å². The SMILES string of the molecule is CCCc1ncc(-c2ccncc2)c([C@@H]2CCCCN2C(=O)Cc2ccc(OC)c(C)c2)n1. The molecule has 6 heteroatoms. The van der Waals surface area contributed by atoms with E-state index in [-0.39, 0.29) is 11.9 Å². The Bertz CT molecular complexity index is 1100. The third-order valence-electron chi connectivity index (χ3n) is 6.29. The summed E-state index contributed by atoms with van der Waals surface area (Å²) >= 11 is 0. The predicted octanol–water partition coefficient (Wildman–Crippen LogP) is 5.10. The van der Waals surface area contributed by atoms with Crippen LogP contribution >= 0.6 is 0 Å². The van der Waals surface area contributed by atoms with E-state index in [2.05, 4.69) is 16.9 Å². The van der Waals surface area contributed by atoms with E-state index in [4.69, 9.17) is 9.72 Å². The highest BCUT2D eigenvalue weighted by Gasteiger charge is 2.31. The molecular weight excluding hydrogens is 412 g/mol. The van der Waals surface area contributed by atoms with Crippen molar-refractivity contribution in [2.75, 3.05) is 13.7 Å². The van der Waals surface area contributed by atoms with E-state index in [1.165, 1.54) is 0 Å². The molecule has 3 heterocycles. The summed E-state index contributed by atoms with van der Waals surface area (Å²) in [7, 11) is 1.67. The molecule has 0 unspecified atom stereocenters. The van der Waals surface area contributed by atoms with Crippen molar-refractivity contribution >= 4 is 5.91 Å². The summed E-state index contributed by atoms with van der Waals surface area (Å²) in [4.78, 5) is 29.3. The number of hydrogen-bond acceptors (Lipinski definition) is 5. The van der Waals surface area contributed by atoms with Crippen LogP contribution < -0.4 is 4.74 Å². The maximum atomic E-state index is 13.5. The third kappa shape index (κ3) is 5.21. The summed E-state index contributed by atoms with van der Waals surface area (Å²) in [5.74, 6) is 1.82. The standard InChI is InChI=1S/C27H32N4O2/c1-4-7-25-29-18-22(21-11-13-28-14-12-21)27(30-25)23-8-5-6-15-31(23)26(32)17-20-9-10-24(33-3)19(2)16-20/h9-14,16,18,23H,4-8,15,17H2,1-3H3/t23-/m0/s1. The number of likely N-dealkylation sites (tertiary alicyclic amines) is 1. The number of amides is 1. The van der Waals surface area contributed by atoms with Gasteiger partial charge in [-0.25, -0.2) is 9.97 Å². The van der Waals surface area contributed by atoms with Crippen molar-refractivity contribution in [1.29, 1.82) is 0 Å². The number of aryl methyl sites for hydroxylation is 2. The zero-order chi connectivity index (χ0) is 23.2. The first-order valence-corrected chi connectivity index (χ1v) is 11.8. The Morgan fingerprint density at radius 3 is 2.73 bits per heavy atom. The highest BCUT2D eigenvalue weighted by atomic mass is 16.5. The fourth-order valence-corrected chi connectivity index (χ4v) is 4.63. The molecule has 1 amide bonds. The minimum atomic E-state index is -0.0487. The Balaban J connectivity index is 1.67. The maximum Gasteiger partial charge on any atom is 0.227 e. The molecular formula is C27H32N4O2. The van der Waals surface area contributed by atoms with Gasteiger partial charge in [-0.15, -0.1) is 0 Å². The zero-order valence-corrected chi connectivity index (χ0v) is 19.8. The highest BCUT2D eigenvalue weighted by Crippen LogP contribution is 2.36. The van der Waals surface area contributed by atoms with Crippen LogP contribution in [0.1, 0.15) is 61.3 Å². The van der Waals surface area contributed by atoms with Crippen molar-refractivity contribution < 1.29 is 9.53 Å². The van der Waals surface area contributed by atoms with Gasteiger partial charge in [0.25, 0.3) is 0 Å². The first-order valence-electron chi connectivity index (χ1n) is 11.8. The zero-order valence-electron chi connectivity index (χ0n) is 19.8. The van der Waals surface area contributed by atoms with E-state index in [1.54, 1.807) is 19.5 Å². The smallest absolute Gasteiger partial charge is 0.227 e. The molecule has 1 atom stereocenters. The highest BCUT2D eigenvalue weighted by molar-refractivity contribution is 5.80. The van der Waals surface area contributed by atoms with E-state index in [1.807, 2.05) is 48.4 Å². The van der Waals surface area contributed by atoms with Crippen LogP contribution in [0.5, 0.6) is 5.75 Å². The van der Waals surface area contributed by atoms with Crippen LogP contribution in [0.15, 0.2) is 48.9 Å². The maximum absolute atomic E-state index is 13.5. The molecule has 1 fully saturated rings. The molecule has 1 aliphatic rings. The average Bonchev–Trinajstić information content (AvgIpc) is 2.85. The van der Waals surface area contributed by atoms with E-state index in [0.717, 1.165) is 78.2 Å². The Labute approximate surface area is 196 Å². The normalized spacial score (nSPS) is 16.0. The summed E-state index contributed by atoms with van der Waals surface area (Å²) in [6.45, 7) is 4.89. The molecule has 6 nitrogen and oxygen atoms in total. The molecule has 2 aromatic heterocycles. The van der Waals surface area contributed by atoms with Crippen molar-refractivity contribution in [3.05, 3.63) is 71.6 Å². The third-order valence-corrected chi connectivity index (χ3v) is 6.29. The van der Waals surface area contributed by atoms with Gasteiger partial charge in [-0.2, -0.15) is 0 Å². The number of aromatic nitrogens is 3. The van der Waals surface area contributed by atoms with Crippen LogP contribution in [0.3, 0.4) is 0 Å². The monoisotopic (exact) mass is 444 g/mol. The van der Waals surface area contributed by atoms with Gasteiger partial charge in [-0.3, -0.25) is 9.78 Å². The van der Waals surface area contributed by atoms with Crippen molar-refractivity contribution in [2.45, 2.75) is 58.4 Å². The van der Waals surface area contributed by atoms with Crippen LogP contribution in [0.25, 0.3) is 11.1 Å². The number of carbonyl (C=O) groups excluding carboxylic acids is 1. The number of pyridine rings is 1. The number of carbonyl (C=O) groups is 1. The Morgan fingerprint density at radius 1 is 1.18 bits per heavy atom. The number of piperidine rings is 1. The second-order valence-electron chi connectivity index (χ2n) is 8.65. The van der Waals surface area contributed by atoms with Crippen molar-refractivity contribution in [3.8, 4) is 16.9 Å². The molecule has 0 N–H and O–H groups in total. The van der Waals surface area contributed by atoms with Gasteiger partial charge in [0.2, 0.25) is 5.91 Å². The minimum Gasteiger partial charge on any atom is -0.496 e. The van der Waals surface area contributed by atoms with Gasteiger partial charge in [0.1, 0.15) is 11.6 Å². The Morgan fingerprint density at radius 2 is 2.00 bits per heavy atom. The predicted molar refractivity (Wildman–Crippen MR) is 129 cm³/mol. The summed E-state index contributed by atoms with van der Waals surface area (Å²) < 4.78 is 5.37. The van der Waals surface area contributed by atoms with Gasteiger partial charge in [0.15, 0.2) is 0 Å². The number of ether oxygens (including phenoxy) is 1. The Kier molecular flexibility index (Phi) is 7.33. The summed E-state index contributed by atoms with van der Waals surface area (Å²) in [5.41, 5.74) is 5.02. The molecule has 172 valence electrons. The lowest BCUT2D eigenvalue weighted by Crippen LogP contribution is -2.40. The van der Waals surface area contributed by atoms with Crippen molar-refractivity contribution in [1.82, 2.24) is 19.9 Å². The minimum absolute atomic E-state index is 0.0487. The largest absolute Gasteiger partial charge is 0.496 e. The number of hydrogen-bond donors (Lipinski definition) is 0. The van der Waals surface area contributed by atoms with Crippen molar-refractivity contribution in [3.63, 3.8) is 0 Å². The van der Waals surface area contributed by atoms with Crippen LogP contribution in [0.4, 0.5) is 0 Å². The number of nitrogens with zero attached hydrogens (tertiary/aromatic N) is 4. The molecule has 1 saturated heterocycles. The van der Waals surface area contributed by atoms with Crippen molar-refractivity contribution in [2.24, 2.45) is 0 Å². The lowest BCUT2D eigenvalue weighted by atomic mass is 9.93. The van der Waals surface area contributed by atoms with E-state index in [0.29, 0.717) is 6.42 Å². The first-order chi connectivity index (χ1) is 16.1. The lowest BCUT2D eigenvalue weighted by Gasteiger charge is -2.36. The molecule has 1 aromatic carbocycles. The quantitative estimate of drug-likeness (QED) is 0.507. The van der Waals surface area contributed by atoms with Gasteiger partial charge >= 0.3 is 0 Å². The van der Waals surface area contributed by atoms with Crippen LogP contribution in [-0.2, 0) is 17.6 Å². The van der Waals surface area contributed by atoms with E-state index >= 15 is 0 Å². The molecule has 0 spiro atoms. The second-order valence-corrected chi connectivity index (χ2v) is 8.65. The number of rotatable bonds is 7. The molecule has 0 saturated carbocycles.